The van der Waals surface area contributed by atoms with Crippen LogP contribution in [0.1, 0.15) is 44.1 Å². The van der Waals surface area contributed by atoms with Crippen LogP contribution in [0.3, 0.4) is 0 Å². The first-order valence-electron chi connectivity index (χ1n) is 7.51. The molecule has 0 radical (unpaired) electrons. The predicted octanol–water partition coefficient (Wildman–Crippen LogP) is 4.34. The molecule has 0 amide bonds. The average Bonchev–Trinajstić information content (AvgIpc) is 2.90. The molecule has 1 aliphatic heterocycles. The van der Waals surface area contributed by atoms with Gasteiger partial charge in [0.2, 0.25) is 0 Å². The Kier molecular flexibility index (Phi) is 4.49. The molecule has 1 aliphatic carbocycles. The summed E-state index contributed by atoms with van der Waals surface area (Å²) < 4.78 is 6.04. The van der Waals surface area contributed by atoms with E-state index in [0.29, 0.717) is 11.1 Å². The second kappa shape index (κ2) is 6.17. The number of nitrogens with two attached hydrogens (primary N) is 1. The molecule has 2 fully saturated rings. The van der Waals surface area contributed by atoms with Gasteiger partial charge in [0.05, 0.1) is 5.02 Å². The molecule has 1 saturated carbocycles. The third-order valence-electron chi connectivity index (χ3n) is 4.41. The fraction of sp³-hybridized carbons (Fsp3) is 0.625. The molecule has 20 heavy (non-hydrogen) atoms. The van der Waals surface area contributed by atoms with Gasteiger partial charge in [-0.2, -0.15) is 11.8 Å². The zero-order valence-electron chi connectivity index (χ0n) is 11.7. The van der Waals surface area contributed by atoms with Crippen molar-refractivity contribution >= 4 is 23.4 Å². The van der Waals surface area contributed by atoms with E-state index in [-0.39, 0.29) is 5.54 Å². The van der Waals surface area contributed by atoms with Crippen molar-refractivity contribution in [3.05, 3.63) is 28.8 Å². The van der Waals surface area contributed by atoms with Gasteiger partial charge in [0, 0.05) is 11.3 Å². The van der Waals surface area contributed by atoms with Crippen molar-refractivity contribution in [1.29, 1.82) is 0 Å². The van der Waals surface area contributed by atoms with Gasteiger partial charge in [0.15, 0.2) is 0 Å². The highest BCUT2D eigenvalue weighted by Crippen LogP contribution is 2.39. The van der Waals surface area contributed by atoms with Crippen LogP contribution in [-0.4, -0.2) is 17.6 Å². The van der Waals surface area contributed by atoms with E-state index in [9.17, 15) is 0 Å². The highest BCUT2D eigenvalue weighted by atomic mass is 35.5. The van der Waals surface area contributed by atoms with E-state index in [0.717, 1.165) is 36.3 Å². The molecule has 3 rings (SSSR count). The molecule has 1 heterocycles. The summed E-state index contributed by atoms with van der Waals surface area (Å²) in [6, 6.07) is 6.12. The minimum Gasteiger partial charge on any atom is -0.488 e. The summed E-state index contributed by atoms with van der Waals surface area (Å²) in [5.41, 5.74) is 7.46. The maximum atomic E-state index is 6.48. The topological polar surface area (TPSA) is 35.2 Å². The Morgan fingerprint density at radius 1 is 1.25 bits per heavy atom. The SMILES string of the molecule is NC1(c2ccc(OC3CCCSC3)c(Cl)c2)CCCC1. The molecule has 4 heteroatoms. The summed E-state index contributed by atoms with van der Waals surface area (Å²) in [5.74, 6) is 3.13. The molecule has 1 saturated heterocycles. The molecule has 2 nitrogen and oxygen atoms in total. The Morgan fingerprint density at radius 3 is 2.70 bits per heavy atom. The molecule has 2 N–H and O–H groups in total. The number of hydrogen-bond acceptors (Lipinski definition) is 3. The van der Waals surface area contributed by atoms with Crippen LogP contribution in [0.5, 0.6) is 5.75 Å². The fourth-order valence-electron chi connectivity index (χ4n) is 3.18. The Labute approximate surface area is 130 Å². The van der Waals surface area contributed by atoms with Gasteiger partial charge in [-0.3, -0.25) is 0 Å². The third-order valence-corrected chi connectivity index (χ3v) is 5.89. The molecule has 2 aliphatic rings. The van der Waals surface area contributed by atoms with Gasteiger partial charge in [-0.25, -0.2) is 0 Å². The summed E-state index contributed by atoms with van der Waals surface area (Å²) in [5, 5.41) is 0.704. The number of benzene rings is 1. The van der Waals surface area contributed by atoms with E-state index in [1.54, 1.807) is 0 Å². The van der Waals surface area contributed by atoms with Crippen molar-refractivity contribution < 1.29 is 4.74 Å². The lowest BCUT2D eigenvalue weighted by Gasteiger charge is -2.26. The molecule has 1 aromatic rings. The molecule has 1 unspecified atom stereocenters. The van der Waals surface area contributed by atoms with Crippen LogP contribution < -0.4 is 10.5 Å². The van der Waals surface area contributed by atoms with E-state index >= 15 is 0 Å². The van der Waals surface area contributed by atoms with Gasteiger partial charge in [-0.05, 0) is 49.1 Å². The van der Waals surface area contributed by atoms with Crippen molar-refractivity contribution in [3.8, 4) is 5.75 Å². The van der Waals surface area contributed by atoms with E-state index in [2.05, 4.69) is 6.07 Å². The largest absolute Gasteiger partial charge is 0.488 e. The summed E-state index contributed by atoms with van der Waals surface area (Å²) in [6.45, 7) is 0. The Balaban J connectivity index is 1.73. The minimum atomic E-state index is -0.178. The second-order valence-electron chi connectivity index (χ2n) is 5.97. The molecule has 0 bridgehead atoms. The number of halogens is 1. The zero-order chi connectivity index (χ0) is 14.0. The van der Waals surface area contributed by atoms with E-state index in [4.69, 9.17) is 22.1 Å². The highest BCUT2D eigenvalue weighted by molar-refractivity contribution is 7.99. The summed E-state index contributed by atoms with van der Waals surface area (Å²) in [6.07, 6.45) is 7.21. The zero-order valence-corrected chi connectivity index (χ0v) is 13.3. The van der Waals surface area contributed by atoms with E-state index in [1.165, 1.54) is 25.0 Å². The lowest BCUT2D eigenvalue weighted by molar-refractivity contribution is 0.211. The fourth-order valence-corrected chi connectivity index (χ4v) is 4.44. The smallest absolute Gasteiger partial charge is 0.138 e. The highest BCUT2D eigenvalue weighted by Gasteiger charge is 2.31. The van der Waals surface area contributed by atoms with Crippen molar-refractivity contribution in [1.82, 2.24) is 0 Å². The van der Waals surface area contributed by atoms with Crippen molar-refractivity contribution in [2.45, 2.75) is 50.2 Å². The standard InChI is InChI=1S/C16H22ClNOS/c17-14-10-12(16(18)7-1-2-8-16)5-6-15(14)19-13-4-3-9-20-11-13/h5-6,10,13H,1-4,7-9,11,18H2. The van der Waals surface area contributed by atoms with Gasteiger partial charge in [0.25, 0.3) is 0 Å². The van der Waals surface area contributed by atoms with Crippen LogP contribution in [0.4, 0.5) is 0 Å². The summed E-state index contributed by atoms with van der Waals surface area (Å²) in [4.78, 5) is 0. The first-order chi connectivity index (χ1) is 9.67. The molecular formula is C16H22ClNOS. The number of hydrogen-bond donors (Lipinski definition) is 1. The molecule has 1 aromatic carbocycles. The maximum absolute atomic E-state index is 6.48. The molecule has 0 spiro atoms. The average molecular weight is 312 g/mol. The van der Waals surface area contributed by atoms with Crippen LogP contribution >= 0.6 is 23.4 Å². The Hall–Kier alpha value is -0.380. The molecule has 1 atom stereocenters. The summed E-state index contributed by atoms with van der Waals surface area (Å²) >= 11 is 8.36. The van der Waals surface area contributed by atoms with Gasteiger partial charge in [-0.15, -0.1) is 0 Å². The van der Waals surface area contributed by atoms with Crippen LogP contribution in [0.15, 0.2) is 18.2 Å². The van der Waals surface area contributed by atoms with Crippen LogP contribution in [0.25, 0.3) is 0 Å². The third kappa shape index (κ3) is 3.10. The van der Waals surface area contributed by atoms with Gasteiger partial charge >= 0.3 is 0 Å². The van der Waals surface area contributed by atoms with Gasteiger partial charge < -0.3 is 10.5 Å². The van der Waals surface area contributed by atoms with Crippen LogP contribution in [-0.2, 0) is 5.54 Å². The van der Waals surface area contributed by atoms with Crippen LogP contribution in [0, 0.1) is 0 Å². The monoisotopic (exact) mass is 311 g/mol. The quantitative estimate of drug-likeness (QED) is 0.901. The normalized spacial score (nSPS) is 25.6. The number of ether oxygens (including phenoxy) is 1. The lowest BCUT2D eigenvalue weighted by Crippen LogP contribution is -2.33. The van der Waals surface area contributed by atoms with Crippen molar-refractivity contribution in [3.63, 3.8) is 0 Å². The molecule has 110 valence electrons. The van der Waals surface area contributed by atoms with Gasteiger partial charge in [-0.1, -0.05) is 30.5 Å². The minimum absolute atomic E-state index is 0.178. The first-order valence-corrected chi connectivity index (χ1v) is 9.04. The van der Waals surface area contributed by atoms with E-state index < -0.39 is 0 Å². The Morgan fingerprint density at radius 2 is 2.05 bits per heavy atom. The predicted molar refractivity (Wildman–Crippen MR) is 86.8 cm³/mol. The second-order valence-corrected chi connectivity index (χ2v) is 7.52. The van der Waals surface area contributed by atoms with Gasteiger partial charge in [0.1, 0.15) is 11.9 Å². The molecule has 0 aromatic heterocycles. The van der Waals surface area contributed by atoms with E-state index in [1.807, 2.05) is 23.9 Å². The maximum Gasteiger partial charge on any atom is 0.138 e. The summed E-state index contributed by atoms with van der Waals surface area (Å²) in [7, 11) is 0. The lowest BCUT2D eigenvalue weighted by atomic mass is 9.89. The van der Waals surface area contributed by atoms with Crippen molar-refractivity contribution in [2.75, 3.05) is 11.5 Å². The Bertz CT molecular complexity index is 468. The molecular weight excluding hydrogens is 290 g/mol. The number of thioether (sulfide) groups is 1. The van der Waals surface area contributed by atoms with Crippen LogP contribution in [0.2, 0.25) is 5.02 Å². The number of rotatable bonds is 3. The van der Waals surface area contributed by atoms with Crippen molar-refractivity contribution in [2.24, 2.45) is 5.73 Å². The first kappa shape index (κ1) is 14.6.